The zero-order valence-corrected chi connectivity index (χ0v) is 15.1. The van der Waals surface area contributed by atoms with E-state index in [1.165, 1.54) is 11.3 Å². The Hall–Kier alpha value is -1.88. The summed E-state index contributed by atoms with van der Waals surface area (Å²) in [7, 11) is 4.06. The first-order valence-electron chi connectivity index (χ1n) is 7.90. The van der Waals surface area contributed by atoms with Crippen LogP contribution in [0.15, 0.2) is 29.6 Å². The molecule has 4 nitrogen and oxygen atoms in total. The van der Waals surface area contributed by atoms with Crippen molar-refractivity contribution in [3.63, 3.8) is 0 Å². The number of aryl methyl sites for hydroxylation is 2. The van der Waals surface area contributed by atoms with Crippen LogP contribution < -0.4 is 10.2 Å². The lowest BCUT2D eigenvalue weighted by molar-refractivity contribution is -0.121. The number of aromatic nitrogens is 1. The molecule has 0 bridgehead atoms. The molecule has 5 heteroatoms. The van der Waals surface area contributed by atoms with E-state index in [2.05, 4.69) is 39.5 Å². The Bertz CT molecular complexity index is 634. The lowest BCUT2D eigenvalue weighted by Gasteiger charge is -2.16. The molecule has 0 aliphatic rings. The molecule has 1 heterocycles. The number of hydrogen-bond acceptors (Lipinski definition) is 4. The smallest absolute Gasteiger partial charge is 0.220 e. The van der Waals surface area contributed by atoms with Crippen LogP contribution >= 0.6 is 11.3 Å². The maximum atomic E-state index is 12.0. The van der Waals surface area contributed by atoms with Crippen molar-refractivity contribution in [2.45, 2.75) is 39.2 Å². The van der Waals surface area contributed by atoms with Gasteiger partial charge in [0.1, 0.15) is 0 Å². The second-order valence-electron chi connectivity index (χ2n) is 6.09. The number of amides is 1. The van der Waals surface area contributed by atoms with E-state index in [0.717, 1.165) is 17.1 Å². The Morgan fingerprint density at radius 2 is 2.00 bits per heavy atom. The molecule has 0 fully saturated rings. The Kier molecular flexibility index (Phi) is 6.16. The average Bonchev–Trinajstić information content (AvgIpc) is 2.91. The van der Waals surface area contributed by atoms with Gasteiger partial charge in [0.05, 0.1) is 10.7 Å². The summed E-state index contributed by atoms with van der Waals surface area (Å²) in [6, 6.07) is 8.58. The summed E-state index contributed by atoms with van der Waals surface area (Å²) in [5, 5.41) is 6.15. The molecule has 2 rings (SSSR count). The lowest BCUT2D eigenvalue weighted by Crippen LogP contribution is -2.34. The Labute approximate surface area is 142 Å². The molecule has 1 atom stereocenters. The fraction of sp³-hybridized carbons (Fsp3) is 0.444. The van der Waals surface area contributed by atoms with Gasteiger partial charge in [0.2, 0.25) is 5.91 Å². The zero-order valence-electron chi connectivity index (χ0n) is 14.3. The predicted molar refractivity (Wildman–Crippen MR) is 97.2 cm³/mol. The minimum absolute atomic E-state index is 0.0908. The highest BCUT2D eigenvalue weighted by Gasteiger charge is 2.09. The molecule has 1 aromatic heterocycles. The van der Waals surface area contributed by atoms with Crippen LogP contribution in [0.5, 0.6) is 0 Å². The van der Waals surface area contributed by atoms with Crippen molar-refractivity contribution in [3.8, 4) is 0 Å². The zero-order chi connectivity index (χ0) is 16.8. The number of nitrogens with zero attached hydrogens (tertiary/aromatic N) is 2. The monoisotopic (exact) mass is 331 g/mol. The van der Waals surface area contributed by atoms with Crippen molar-refractivity contribution < 1.29 is 4.79 Å². The molecule has 23 heavy (non-hydrogen) atoms. The first-order valence-corrected chi connectivity index (χ1v) is 8.78. The number of carbonyl (C=O) groups excluding carboxylic acids is 1. The van der Waals surface area contributed by atoms with Gasteiger partial charge in [0.15, 0.2) is 0 Å². The highest BCUT2D eigenvalue weighted by molar-refractivity contribution is 7.09. The van der Waals surface area contributed by atoms with Crippen LogP contribution in [0.3, 0.4) is 0 Å². The summed E-state index contributed by atoms with van der Waals surface area (Å²) in [5.41, 5.74) is 3.43. The van der Waals surface area contributed by atoms with Gasteiger partial charge in [-0.2, -0.15) is 0 Å². The van der Waals surface area contributed by atoms with Gasteiger partial charge in [-0.15, -0.1) is 11.3 Å². The predicted octanol–water partition coefficient (Wildman–Crippen LogP) is 3.20. The van der Waals surface area contributed by atoms with Crippen LogP contribution in [0.25, 0.3) is 0 Å². The van der Waals surface area contributed by atoms with E-state index in [-0.39, 0.29) is 11.9 Å². The highest BCUT2D eigenvalue weighted by Crippen LogP contribution is 2.14. The molecular weight excluding hydrogens is 306 g/mol. The molecule has 0 aliphatic carbocycles. The van der Waals surface area contributed by atoms with E-state index in [1.54, 1.807) is 11.3 Å². The van der Waals surface area contributed by atoms with Crippen LogP contribution in [0.2, 0.25) is 0 Å². The minimum Gasteiger partial charge on any atom is -0.378 e. The Morgan fingerprint density at radius 1 is 1.30 bits per heavy atom. The SMILES string of the molecule is Cc1nc(CCC(=O)NC(C)Cc2ccc(N(C)C)cc2)cs1. The topological polar surface area (TPSA) is 45.2 Å². The first-order chi connectivity index (χ1) is 10.9. The molecule has 124 valence electrons. The second kappa shape index (κ2) is 8.11. The largest absolute Gasteiger partial charge is 0.378 e. The van der Waals surface area contributed by atoms with E-state index in [1.807, 2.05) is 33.3 Å². The summed E-state index contributed by atoms with van der Waals surface area (Å²) >= 11 is 1.63. The molecule has 0 aliphatic heterocycles. The molecule has 1 N–H and O–H groups in total. The van der Waals surface area contributed by atoms with Gasteiger partial charge in [0.25, 0.3) is 0 Å². The van der Waals surface area contributed by atoms with Crippen molar-refractivity contribution in [1.82, 2.24) is 10.3 Å². The number of thiazole rings is 1. The highest BCUT2D eigenvalue weighted by atomic mass is 32.1. The van der Waals surface area contributed by atoms with Crippen LogP contribution in [0.4, 0.5) is 5.69 Å². The van der Waals surface area contributed by atoms with Crippen LogP contribution in [-0.2, 0) is 17.6 Å². The van der Waals surface area contributed by atoms with Crippen LogP contribution in [0, 0.1) is 6.92 Å². The second-order valence-corrected chi connectivity index (χ2v) is 7.15. The number of hydrogen-bond donors (Lipinski definition) is 1. The average molecular weight is 331 g/mol. The maximum Gasteiger partial charge on any atom is 0.220 e. The molecule has 1 unspecified atom stereocenters. The summed E-state index contributed by atoms with van der Waals surface area (Å²) in [5.74, 6) is 0.0908. The molecule has 0 radical (unpaired) electrons. The Balaban J connectivity index is 1.77. The van der Waals surface area contributed by atoms with E-state index >= 15 is 0 Å². The fourth-order valence-corrected chi connectivity index (χ4v) is 3.09. The van der Waals surface area contributed by atoms with E-state index in [0.29, 0.717) is 12.8 Å². The molecule has 0 saturated carbocycles. The number of nitrogens with one attached hydrogen (secondary N) is 1. The third-order valence-corrected chi connectivity index (χ3v) is 4.50. The molecular formula is C18H25N3OS. The van der Waals surface area contributed by atoms with Crippen molar-refractivity contribution in [2.24, 2.45) is 0 Å². The first kappa shape index (κ1) is 17.5. The summed E-state index contributed by atoms with van der Waals surface area (Å²) in [4.78, 5) is 18.5. The molecule has 1 amide bonds. The Morgan fingerprint density at radius 3 is 2.57 bits per heavy atom. The summed E-state index contributed by atoms with van der Waals surface area (Å²) in [6.45, 7) is 4.03. The summed E-state index contributed by atoms with van der Waals surface area (Å²) in [6.07, 6.45) is 2.04. The normalized spacial score (nSPS) is 12.0. The summed E-state index contributed by atoms with van der Waals surface area (Å²) < 4.78 is 0. The van der Waals surface area contributed by atoms with E-state index in [9.17, 15) is 4.79 Å². The van der Waals surface area contributed by atoms with Crippen LogP contribution in [-0.4, -0.2) is 31.0 Å². The van der Waals surface area contributed by atoms with Crippen molar-refractivity contribution >= 4 is 22.9 Å². The lowest BCUT2D eigenvalue weighted by atomic mass is 10.1. The van der Waals surface area contributed by atoms with Gasteiger partial charge >= 0.3 is 0 Å². The third kappa shape index (κ3) is 5.67. The standard InChI is InChI=1S/C18H25N3OS/c1-13(11-15-5-8-17(9-6-15)21(3)4)19-18(22)10-7-16-12-23-14(2)20-16/h5-6,8-9,12-13H,7,10-11H2,1-4H3,(H,19,22). The third-order valence-electron chi connectivity index (χ3n) is 3.68. The minimum atomic E-state index is 0.0908. The molecule has 0 spiro atoms. The van der Waals surface area contributed by atoms with Gasteiger partial charge in [-0.05, 0) is 44.4 Å². The number of benzene rings is 1. The number of rotatable bonds is 7. The fourth-order valence-electron chi connectivity index (χ4n) is 2.45. The number of carbonyl (C=O) groups is 1. The van der Waals surface area contributed by atoms with E-state index < -0.39 is 0 Å². The number of anilines is 1. The van der Waals surface area contributed by atoms with Gasteiger partial charge in [0, 0.05) is 37.6 Å². The van der Waals surface area contributed by atoms with Crippen molar-refractivity contribution in [2.75, 3.05) is 19.0 Å². The maximum absolute atomic E-state index is 12.0. The van der Waals surface area contributed by atoms with E-state index in [4.69, 9.17) is 0 Å². The quantitative estimate of drug-likeness (QED) is 0.847. The van der Waals surface area contributed by atoms with Crippen molar-refractivity contribution in [3.05, 3.63) is 45.9 Å². The van der Waals surface area contributed by atoms with Gasteiger partial charge in [-0.1, -0.05) is 12.1 Å². The van der Waals surface area contributed by atoms with Gasteiger partial charge in [-0.3, -0.25) is 4.79 Å². The molecule has 0 saturated heterocycles. The van der Waals surface area contributed by atoms with Gasteiger partial charge < -0.3 is 10.2 Å². The van der Waals surface area contributed by atoms with Crippen molar-refractivity contribution in [1.29, 1.82) is 0 Å². The molecule has 2 aromatic rings. The van der Waals surface area contributed by atoms with Gasteiger partial charge in [-0.25, -0.2) is 4.98 Å². The molecule has 1 aromatic carbocycles. The van der Waals surface area contributed by atoms with Crippen LogP contribution in [0.1, 0.15) is 29.6 Å².